The van der Waals surface area contributed by atoms with Crippen LogP contribution in [0.15, 0.2) is 42.7 Å². The van der Waals surface area contributed by atoms with E-state index in [1.165, 1.54) is 27.7 Å². The smallest absolute Gasteiger partial charge is 0.251 e. The van der Waals surface area contributed by atoms with Crippen LogP contribution in [0.1, 0.15) is 79.8 Å². The van der Waals surface area contributed by atoms with Crippen molar-refractivity contribution in [3.63, 3.8) is 0 Å². The van der Waals surface area contributed by atoms with Gasteiger partial charge in [-0.1, -0.05) is 0 Å². The lowest BCUT2D eigenvalue weighted by molar-refractivity contribution is 0.0991. The number of aromatic nitrogens is 4. The van der Waals surface area contributed by atoms with E-state index < -0.39 is 35.7 Å². The van der Waals surface area contributed by atoms with Gasteiger partial charge in [0.25, 0.3) is 11.8 Å². The number of rotatable bonds is 3. The molecule has 206 valence electrons. The van der Waals surface area contributed by atoms with Crippen LogP contribution < -0.4 is 16.8 Å². The van der Waals surface area contributed by atoms with Crippen LogP contribution in [0.4, 0.5) is 8.78 Å². The molecule has 2 amide bonds. The summed E-state index contributed by atoms with van der Waals surface area (Å²) in [6, 6.07) is 6.17. The van der Waals surface area contributed by atoms with Crippen molar-refractivity contribution in [2.75, 3.05) is 13.1 Å². The molecule has 7 N–H and O–H groups in total. The van der Waals surface area contributed by atoms with Crippen LogP contribution in [0, 0.1) is 11.6 Å². The Kier molecular flexibility index (Phi) is 6.21. The zero-order valence-corrected chi connectivity index (χ0v) is 21.0. The molecule has 5 heterocycles. The number of halogens is 2. The summed E-state index contributed by atoms with van der Waals surface area (Å²) in [5.41, 5.74) is 14.1. The fourth-order valence-corrected chi connectivity index (χ4v) is 5.79. The number of nitrogens with zero attached hydrogens (tertiary/aromatic N) is 4. The highest BCUT2D eigenvalue weighted by Gasteiger charge is 2.37. The first-order valence-corrected chi connectivity index (χ1v) is 12.6. The van der Waals surface area contributed by atoms with Crippen molar-refractivity contribution in [1.82, 2.24) is 24.9 Å². The summed E-state index contributed by atoms with van der Waals surface area (Å²) in [6.45, 7) is 1.83. The Balaban J connectivity index is 0.000000151. The second-order valence-corrected chi connectivity index (χ2v) is 9.91. The normalized spacial score (nSPS) is 18.8. The summed E-state index contributed by atoms with van der Waals surface area (Å²) in [5, 5.41) is 32.3. The topological polar surface area (TPSA) is 174 Å². The predicted octanol–water partition coefficient (Wildman–Crippen LogP) is 1.48. The molecule has 1 saturated heterocycles. The van der Waals surface area contributed by atoms with Crippen molar-refractivity contribution >= 4 is 11.8 Å². The number of carbonyl (C=O) groups excluding carboxylic acids is 2. The number of hydrogen-bond acceptors (Lipinski definition) is 7. The molecule has 7 rings (SSSR count). The van der Waals surface area contributed by atoms with Gasteiger partial charge in [-0.2, -0.15) is 10.2 Å². The molecular formula is C27H25F2N7O4. The van der Waals surface area contributed by atoms with Crippen molar-refractivity contribution in [2.45, 2.75) is 31.0 Å². The number of aliphatic hydroxyl groups excluding tert-OH is 2. The molecule has 0 radical (unpaired) electrons. The number of primary amides is 2. The molecule has 3 aliphatic rings. The highest BCUT2D eigenvalue weighted by Crippen LogP contribution is 2.43. The largest absolute Gasteiger partial charge is 0.382 e. The third kappa shape index (κ3) is 3.97. The third-order valence-electron chi connectivity index (χ3n) is 7.58. The van der Waals surface area contributed by atoms with E-state index in [2.05, 4.69) is 15.5 Å². The van der Waals surface area contributed by atoms with Crippen LogP contribution in [-0.2, 0) is 0 Å². The lowest BCUT2D eigenvalue weighted by Crippen LogP contribution is -2.27. The molecule has 4 aromatic rings. The number of amides is 2. The minimum Gasteiger partial charge on any atom is -0.382 e. The summed E-state index contributed by atoms with van der Waals surface area (Å²) < 4.78 is 30.1. The molecule has 13 heteroatoms. The Morgan fingerprint density at radius 2 is 1.43 bits per heavy atom. The molecule has 2 aromatic heterocycles. The number of nitrogens with one attached hydrogen (secondary N) is 1. The maximum Gasteiger partial charge on any atom is 0.251 e. The Morgan fingerprint density at radius 3 is 2.02 bits per heavy atom. The predicted molar refractivity (Wildman–Crippen MR) is 137 cm³/mol. The highest BCUT2D eigenvalue weighted by atomic mass is 19.1. The number of aliphatic hydroxyl groups is 2. The van der Waals surface area contributed by atoms with E-state index in [4.69, 9.17) is 11.5 Å². The van der Waals surface area contributed by atoms with Gasteiger partial charge >= 0.3 is 0 Å². The summed E-state index contributed by atoms with van der Waals surface area (Å²) in [6.07, 6.45) is 3.17. The average Bonchev–Trinajstić information content (AvgIpc) is 3.69. The molecule has 3 aliphatic heterocycles. The first-order chi connectivity index (χ1) is 19.2. The van der Waals surface area contributed by atoms with E-state index in [0.717, 1.165) is 43.6 Å². The molecule has 0 saturated carbocycles. The van der Waals surface area contributed by atoms with Gasteiger partial charge in [0, 0.05) is 17.3 Å². The SMILES string of the molecule is NC(=O)c1cc(F)cc2c1-n1ncc(C3CCNCC3)c1C2O.NC(=O)c1cc(F)cc2c1-n1nccc1C2O. The number of hydrogen-bond donors (Lipinski definition) is 5. The molecule has 0 bridgehead atoms. The van der Waals surface area contributed by atoms with Gasteiger partial charge in [0.2, 0.25) is 0 Å². The zero-order valence-electron chi connectivity index (χ0n) is 21.0. The van der Waals surface area contributed by atoms with Crippen molar-refractivity contribution in [3.8, 4) is 11.4 Å². The summed E-state index contributed by atoms with van der Waals surface area (Å²) in [5.74, 6) is -2.39. The summed E-state index contributed by atoms with van der Waals surface area (Å²) in [4.78, 5) is 22.9. The Hall–Kier alpha value is -4.46. The Labute approximate surface area is 226 Å². The van der Waals surface area contributed by atoms with Crippen LogP contribution in [-0.4, -0.2) is 54.7 Å². The van der Waals surface area contributed by atoms with E-state index in [0.29, 0.717) is 39.8 Å². The van der Waals surface area contributed by atoms with Gasteiger partial charge in [0.05, 0.1) is 40.1 Å². The van der Waals surface area contributed by atoms with Gasteiger partial charge in [0.15, 0.2) is 0 Å². The fraction of sp³-hybridized carbons (Fsp3) is 0.259. The zero-order chi connectivity index (χ0) is 28.3. The van der Waals surface area contributed by atoms with Crippen LogP contribution in [0.3, 0.4) is 0 Å². The van der Waals surface area contributed by atoms with Crippen molar-refractivity contribution in [3.05, 3.63) is 93.6 Å². The highest BCUT2D eigenvalue weighted by molar-refractivity contribution is 5.98. The van der Waals surface area contributed by atoms with Crippen LogP contribution in [0.5, 0.6) is 0 Å². The van der Waals surface area contributed by atoms with Crippen LogP contribution in [0.2, 0.25) is 0 Å². The first kappa shape index (κ1) is 25.8. The molecule has 2 unspecified atom stereocenters. The van der Waals surface area contributed by atoms with Gasteiger partial charge < -0.3 is 27.0 Å². The standard InChI is InChI=1S/C16H17FN4O2.C11H8FN3O2/c17-9-5-10-13(11(6-9)16(18)23)21-14(15(10)22)12(7-20-21)8-1-3-19-4-2-8;12-5-3-6-9(7(4-5)11(13)17)15-8(10(6)16)1-2-14-15/h5-8,15,19,22H,1-4H2,(H2,18,23);1-4,10,16H,(H2,13,17). The van der Waals surface area contributed by atoms with Gasteiger partial charge in [0.1, 0.15) is 23.8 Å². The van der Waals surface area contributed by atoms with Gasteiger partial charge in [-0.25, -0.2) is 18.1 Å². The molecular weight excluding hydrogens is 524 g/mol. The second-order valence-electron chi connectivity index (χ2n) is 9.91. The quantitative estimate of drug-likeness (QED) is 0.257. The molecule has 40 heavy (non-hydrogen) atoms. The van der Waals surface area contributed by atoms with E-state index >= 15 is 0 Å². The number of piperidine rings is 1. The van der Waals surface area contributed by atoms with Gasteiger partial charge in [-0.05, 0) is 67.7 Å². The maximum atomic E-state index is 13.8. The van der Waals surface area contributed by atoms with E-state index in [1.54, 1.807) is 12.3 Å². The van der Waals surface area contributed by atoms with Gasteiger partial charge in [-0.15, -0.1) is 0 Å². The number of fused-ring (bicyclic) bond motifs is 6. The Morgan fingerprint density at radius 1 is 0.850 bits per heavy atom. The number of benzene rings is 2. The molecule has 2 atom stereocenters. The number of nitrogens with two attached hydrogens (primary N) is 2. The molecule has 0 aliphatic carbocycles. The fourth-order valence-electron chi connectivity index (χ4n) is 5.79. The third-order valence-corrected chi connectivity index (χ3v) is 7.58. The molecule has 11 nitrogen and oxygen atoms in total. The van der Waals surface area contributed by atoms with E-state index in [9.17, 15) is 28.6 Å². The summed E-state index contributed by atoms with van der Waals surface area (Å²) >= 11 is 0. The summed E-state index contributed by atoms with van der Waals surface area (Å²) in [7, 11) is 0. The lowest BCUT2D eigenvalue weighted by Gasteiger charge is -2.23. The first-order valence-electron chi connectivity index (χ1n) is 12.6. The molecule has 0 spiro atoms. The van der Waals surface area contributed by atoms with Crippen molar-refractivity contribution in [1.29, 1.82) is 0 Å². The van der Waals surface area contributed by atoms with Crippen molar-refractivity contribution in [2.24, 2.45) is 11.5 Å². The van der Waals surface area contributed by atoms with Gasteiger partial charge in [-0.3, -0.25) is 9.59 Å². The molecule has 2 aromatic carbocycles. The number of carbonyl (C=O) groups is 2. The van der Waals surface area contributed by atoms with Crippen LogP contribution >= 0.6 is 0 Å². The lowest BCUT2D eigenvalue weighted by atomic mass is 9.89. The Bertz CT molecular complexity index is 1680. The minimum absolute atomic E-state index is 0.0153. The minimum atomic E-state index is -0.994. The maximum absolute atomic E-state index is 13.8. The van der Waals surface area contributed by atoms with E-state index in [1.807, 2.05) is 0 Å². The second kappa shape index (κ2) is 9.62. The van der Waals surface area contributed by atoms with Crippen molar-refractivity contribution < 1.29 is 28.6 Å². The monoisotopic (exact) mass is 549 g/mol. The van der Waals surface area contributed by atoms with Crippen LogP contribution in [0.25, 0.3) is 11.4 Å². The average molecular weight is 550 g/mol. The molecule has 1 fully saturated rings. The van der Waals surface area contributed by atoms with E-state index in [-0.39, 0.29) is 11.1 Å².